The van der Waals surface area contributed by atoms with Crippen molar-refractivity contribution in [2.24, 2.45) is 0 Å². The molecule has 0 spiro atoms. The van der Waals surface area contributed by atoms with Gasteiger partial charge in [-0.15, -0.1) is 0 Å². The van der Waals surface area contributed by atoms with Crippen LogP contribution >= 0.6 is 0 Å². The fourth-order valence-electron chi connectivity index (χ4n) is 9.12. The summed E-state index contributed by atoms with van der Waals surface area (Å²) in [6, 6.07) is 60.8. The summed E-state index contributed by atoms with van der Waals surface area (Å²) in [5.41, 5.74) is 8.01. The third-order valence-corrected chi connectivity index (χ3v) is 16.6. The van der Waals surface area contributed by atoms with Crippen molar-refractivity contribution < 1.29 is 0 Å². The molecule has 6 aromatic carbocycles. The number of aromatic amines is 1. The molecule has 4 aromatic heterocycles. The van der Waals surface area contributed by atoms with E-state index in [9.17, 15) is 0 Å². The Bertz CT molecular complexity index is 3060. The second-order valence-electron chi connectivity index (χ2n) is 17.7. The second-order valence-corrected chi connectivity index (χ2v) is 21.4. The molecule has 0 aliphatic carbocycles. The highest BCUT2D eigenvalue weighted by Crippen LogP contribution is 2.33. The van der Waals surface area contributed by atoms with Gasteiger partial charge in [-0.2, -0.15) is 5.10 Å². The number of H-pyrrole nitrogens is 1. The Balaban J connectivity index is 1.33. The molecule has 0 saturated carbocycles. The first-order valence-electron chi connectivity index (χ1n) is 20.2. The molecule has 10 aromatic rings. The first-order valence-corrected chi connectivity index (χ1v) is 22.2. The molecule has 10 rings (SSSR count). The van der Waals surface area contributed by atoms with E-state index < -0.39 is 8.07 Å². The van der Waals surface area contributed by atoms with Gasteiger partial charge >= 0.3 is 0 Å². The van der Waals surface area contributed by atoms with Gasteiger partial charge in [0.2, 0.25) is 8.07 Å². The molecule has 0 aliphatic rings. The zero-order chi connectivity index (χ0) is 39.8. The standard InChI is InChI=1S/C52H47N5Si/c1-51(2,3)35-17-13-20-38(31-35)58(39-21-14-18-36(32-39)52(4,5)6,40-22-15-19-37(33-40)56-45-26-10-9-25-43(45)44-34-53-55-50(44)56)49-30-16-29-48(54-49)57-46-27-11-7-23-41(46)42-24-8-12-28-47(42)57/h7-34H,1-6H3,(H,53,55). The summed E-state index contributed by atoms with van der Waals surface area (Å²) >= 11 is 0. The molecule has 284 valence electrons. The molecule has 0 bridgehead atoms. The number of rotatable bonds is 6. The second kappa shape index (κ2) is 13.3. The van der Waals surface area contributed by atoms with Crippen molar-refractivity contribution in [1.82, 2.24) is 24.3 Å². The highest BCUT2D eigenvalue weighted by molar-refractivity contribution is 7.19. The van der Waals surface area contributed by atoms with Crippen molar-refractivity contribution in [3.63, 3.8) is 0 Å². The minimum Gasteiger partial charge on any atom is -0.294 e. The lowest BCUT2D eigenvalue weighted by Gasteiger charge is -2.36. The third-order valence-electron chi connectivity index (χ3n) is 12.1. The predicted molar refractivity (Wildman–Crippen MR) is 246 cm³/mol. The van der Waals surface area contributed by atoms with E-state index in [1.165, 1.54) is 42.8 Å². The van der Waals surface area contributed by atoms with Crippen LogP contribution in [-0.4, -0.2) is 32.4 Å². The van der Waals surface area contributed by atoms with E-state index in [2.05, 4.69) is 225 Å². The first-order chi connectivity index (χ1) is 28.0. The Hall–Kier alpha value is -6.50. The van der Waals surface area contributed by atoms with E-state index in [1.54, 1.807) is 0 Å². The van der Waals surface area contributed by atoms with E-state index in [1.807, 2.05) is 6.20 Å². The van der Waals surface area contributed by atoms with Crippen molar-refractivity contribution >= 4 is 72.7 Å². The van der Waals surface area contributed by atoms with E-state index in [0.29, 0.717) is 0 Å². The number of aromatic nitrogens is 5. The van der Waals surface area contributed by atoms with Crippen molar-refractivity contribution in [2.45, 2.75) is 52.4 Å². The predicted octanol–water partition coefficient (Wildman–Crippen LogP) is 9.97. The molecule has 0 atom stereocenters. The Morgan fingerprint density at radius 2 is 0.948 bits per heavy atom. The highest BCUT2D eigenvalue weighted by Gasteiger charge is 2.44. The zero-order valence-electron chi connectivity index (χ0n) is 34.0. The van der Waals surface area contributed by atoms with Crippen LogP contribution in [0.3, 0.4) is 0 Å². The summed E-state index contributed by atoms with van der Waals surface area (Å²) in [6.07, 6.45) is 1.94. The van der Waals surface area contributed by atoms with Crippen LogP contribution in [0.25, 0.3) is 55.2 Å². The smallest absolute Gasteiger partial charge is 0.202 e. The SMILES string of the molecule is CC(C)(C)c1cccc([Si](c2cccc(-n3c4ccccc4c4cn[nH]c43)c2)(c2cccc(C(C)(C)C)c2)c2cccc(-n3c4ccccc4c4ccccc43)n2)c1. The van der Waals surface area contributed by atoms with Crippen LogP contribution in [0.2, 0.25) is 0 Å². The summed E-state index contributed by atoms with van der Waals surface area (Å²) in [6.45, 7) is 13.9. The number of nitrogens with one attached hydrogen (secondary N) is 1. The van der Waals surface area contributed by atoms with E-state index in [-0.39, 0.29) is 10.8 Å². The highest BCUT2D eigenvalue weighted by atomic mass is 28.3. The Kier molecular flexibility index (Phi) is 8.22. The lowest BCUT2D eigenvalue weighted by Crippen LogP contribution is -2.75. The van der Waals surface area contributed by atoms with Crippen LogP contribution in [0.5, 0.6) is 0 Å². The summed E-state index contributed by atoms with van der Waals surface area (Å²) in [4.78, 5) is 5.89. The molecule has 0 unspecified atom stereocenters. The summed E-state index contributed by atoms with van der Waals surface area (Å²) in [5, 5.41) is 17.5. The number of para-hydroxylation sites is 3. The molecule has 0 aliphatic heterocycles. The van der Waals surface area contributed by atoms with Crippen molar-refractivity contribution in [3.8, 4) is 11.5 Å². The fourth-order valence-corrected chi connectivity index (χ4v) is 13.8. The van der Waals surface area contributed by atoms with Crippen LogP contribution in [0.1, 0.15) is 52.7 Å². The van der Waals surface area contributed by atoms with Crippen molar-refractivity contribution in [2.75, 3.05) is 0 Å². The fraction of sp³-hybridized carbons (Fsp3) is 0.154. The molecule has 6 heteroatoms. The van der Waals surface area contributed by atoms with Gasteiger partial charge in [0, 0.05) is 32.5 Å². The summed E-state index contributed by atoms with van der Waals surface area (Å²) < 4.78 is 4.68. The molecule has 4 heterocycles. The van der Waals surface area contributed by atoms with Crippen LogP contribution in [0.4, 0.5) is 0 Å². The molecule has 5 nitrogen and oxygen atoms in total. The maximum atomic E-state index is 5.89. The van der Waals surface area contributed by atoms with Crippen LogP contribution in [0, 0.1) is 0 Å². The maximum absolute atomic E-state index is 5.89. The molecule has 0 radical (unpaired) electrons. The average Bonchev–Trinajstić information content (AvgIpc) is 3.93. The van der Waals surface area contributed by atoms with Gasteiger partial charge in [-0.25, -0.2) is 4.98 Å². The van der Waals surface area contributed by atoms with E-state index in [4.69, 9.17) is 4.98 Å². The Morgan fingerprint density at radius 3 is 1.52 bits per heavy atom. The topological polar surface area (TPSA) is 51.4 Å². The average molecular weight is 770 g/mol. The minimum atomic E-state index is -3.23. The lowest BCUT2D eigenvalue weighted by atomic mass is 9.87. The molecular weight excluding hydrogens is 723 g/mol. The quantitative estimate of drug-likeness (QED) is 0.135. The normalized spacial score (nSPS) is 12.7. The maximum Gasteiger partial charge on any atom is 0.202 e. The molecule has 0 amide bonds. The van der Waals surface area contributed by atoms with Gasteiger partial charge in [0.1, 0.15) is 11.5 Å². The zero-order valence-corrected chi connectivity index (χ0v) is 35.0. The monoisotopic (exact) mass is 769 g/mol. The lowest BCUT2D eigenvalue weighted by molar-refractivity contribution is 0.590. The van der Waals surface area contributed by atoms with Gasteiger partial charge in [-0.3, -0.25) is 14.2 Å². The molecular formula is C52H47N5Si. The van der Waals surface area contributed by atoms with Gasteiger partial charge in [0.25, 0.3) is 0 Å². The van der Waals surface area contributed by atoms with Gasteiger partial charge < -0.3 is 0 Å². The summed E-state index contributed by atoms with van der Waals surface area (Å²) in [5.74, 6) is 0.914. The molecule has 0 saturated heterocycles. The minimum absolute atomic E-state index is 0.0558. The molecule has 58 heavy (non-hydrogen) atoms. The number of nitrogens with zero attached hydrogens (tertiary/aromatic N) is 4. The van der Waals surface area contributed by atoms with Gasteiger partial charge in [-0.05, 0) is 80.0 Å². The first kappa shape index (κ1) is 35.9. The van der Waals surface area contributed by atoms with Gasteiger partial charge in [0.05, 0.1) is 22.7 Å². The number of hydrogen-bond acceptors (Lipinski definition) is 2. The van der Waals surface area contributed by atoms with Crippen molar-refractivity contribution in [3.05, 3.63) is 181 Å². The van der Waals surface area contributed by atoms with Crippen LogP contribution in [0.15, 0.2) is 170 Å². The summed E-state index contributed by atoms with van der Waals surface area (Å²) in [7, 11) is -3.23. The third kappa shape index (κ3) is 5.58. The van der Waals surface area contributed by atoms with Crippen LogP contribution in [-0.2, 0) is 10.8 Å². The molecule has 1 N–H and O–H groups in total. The number of pyridine rings is 1. The number of benzene rings is 6. The number of fused-ring (bicyclic) bond motifs is 6. The van der Waals surface area contributed by atoms with Crippen LogP contribution < -0.4 is 20.9 Å². The van der Waals surface area contributed by atoms with E-state index in [0.717, 1.165) is 44.4 Å². The molecule has 0 fully saturated rings. The van der Waals surface area contributed by atoms with Gasteiger partial charge in [0.15, 0.2) is 0 Å². The largest absolute Gasteiger partial charge is 0.294 e. The number of hydrogen-bond donors (Lipinski definition) is 1. The Morgan fingerprint density at radius 1 is 0.466 bits per heavy atom. The Labute approximate surface area is 340 Å². The van der Waals surface area contributed by atoms with Crippen molar-refractivity contribution in [1.29, 1.82) is 0 Å². The van der Waals surface area contributed by atoms with Gasteiger partial charge in [-0.1, -0.05) is 163 Å². The van der Waals surface area contributed by atoms with E-state index >= 15 is 0 Å².